The Labute approximate surface area is 729 Å². The maximum Gasteiger partial charge on any atom is 0.313 e. The van der Waals surface area contributed by atoms with Crippen molar-refractivity contribution in [3.8, 4) is 0 Å². The second-order valence-electron chi connectivity index (χ2n) is 33.9. The summed E-state index contributed by atoms with van der Waals surface area (Å²) in [6.45, 7) is 24.9. The molecular weight excluding hydrogens is 1650 g/mol. The van der Waals surface area contributed by atoms with Gasteiger partial charge in [-0.15, -0.1) is 0 Å². The van der Waals surface area contributed by atoms with Crippen molar-refractivity contribution in [2.75, 3.05) is 88.7 Å². The molecule has 0 aromatic heterocycles. The van der Waals surface area contributed by atoms with Crippen LogP contribution in [0.1, 0.15) is 182 Å². The van der Waals surface area contributed by atoms with Crippen LogP contribution in [0.25, 0.3) is 0 Å². The van der Waals surface area contributed by atoms with Gasteiger partial charge in [-0.2, -0.15) is 0 Å². The van der Waals surface area contributed by atoms with E-state index in [-0.39, 0.29) is 55.8 Å². The standard InChI is InChI=1S/C62H111N11O12.C18H24N4O18/c1-25-27-28-40(15)52(75)51-56(79)65-43(26-2)58(81)67(18)33-48(74)68(19)44(29-34(3)4)55(78)66-49(38(11)12)61(84)69(20)45(30-35(5)6)54(77)63-41(16)53(76)64-42(17)57(80)70(21)46(31-36(7)8)59(82)71(22)47(32-37(9)10)60(83)72(23)50(39(13)14)62(85)73(51)24;23-11(1-5-19(28)29)36-9-10-15(38-12(24)2-6-20(30)31)16(39-13(25)3-7-21(32)33)17(18(27)37-10)40-14(26)4-8-22(34)35/h25,27,34-47,49-52,75H,26,28-33H2,1-24H3,(H,63,77)(H,64,76)(H,65,79)(H,66,78);10,15-18,27H,1-9H2. The van der Waals surface area contributed by atoms with Crippen molar-refractivity contribution in [1.82, 2.24) is 55.6 Å². The molecule has 0 aliphatic carbocycles. The number of carbonyl (C=O) groups is 15. The Morgan fingerprint density at radius 2 is 0.864 bits per heavy atom. The van der Waals surface area contributed by atoms with Crippen LogP contribution in [-0.4, -0.2) is 339 Å². The lowest BCUT2D eigenvalue weighted by Crippen LogP contribution is -2.63. The number of nitro groups is 4. The average molecular weight is 1790 g/mol. The number of esters is 4. The van der Waals surface area contributed by atoms with E-state index in [1.807, 2.05) is 61.5 Å². The van der Waals surface area contributed by atoms with Crippen LogP contribution in [0.4, 0.5) is 0 Å². The predicted molar refractivity (Wildman–Crippen MR) is 446 cm³/mol. The van der Waals surface area contributed by atoms with Gasteiger partial charge in [0, 0.05) is 69.0 Å². The van der Waals surface area contributed by atoms with E-state index < -0.39 is 289 Å². The lowest BCUT2D eigenvalue weighted by molar-refractivity contribution is -0.479. The molecular formula is C80H135N15O30. The number of carbonyl (C=O) groups excluding carboxylic acids is 15. The van der Waals surface area contributed by atoms with Crippen LogP contribution in [0.5, 0.6) is 0 Å². The van der Waals surface area contributed by atoms with E-state index in [0.29, 0.717) is 6.42 Å². The Hall–Kier alpha value is -10.7. The molecule has 0 saturated carbocycles. The average Bonchev–Trinajstić information content (AvgIpc) is 0.803. The molecule has 2 saturated heterocycles. The van der Waals surface area contributed by atoms with E-state index in [1.54, 1.807) is 54.5 Å². The SMILES string of the molecule is CC=CCC(C)C(O)C1C(=O)NC(CC)C(=O)N(C)CC(=O)N(C)C(CC(C)C)C(=O)NC(C(C)C)C(=O)N(C)C(CC(C)C)C(=O)NC(C)C(=O)NC(C)C(=O)N(C)C(CC(C)C)C(=O)N(C)C(CC(C)C)C(=O)N(C)C(C(C)C)C(=O)N1C.O=C(CC[N+](=O)[O-])OCC1OC(O)C(OC(=O)CC[N+](=O)[O-])C(OC(=O)CC[N+](=O)[O-])C1OC(=O)CC[N+](=O)[O-]. The molecule has 2 heterocycles. The van der Waals surface area contributed by atoms with Gasteiger partial charge in [-0.1, -0.05) is 109 Å². The van der Waals surface area contributed by atoms with Crippen molar-refractivity contribution >= 4 is 88.9 Å². The number of hydrogen-bond donors (Lipinski definition) is 6. The van der Waals surface area contributed by atoms with E-state index in [2.05, 4.69) is 21.3 Å². The fraction of sp³-hybridized carbons (Fsp3) is 0.787. The van der Waals surface area contributed by atoms with E-state index in [4.69, 9.17) is 23.7 Å². The molecule has 17 unspecified atom stereocenters. The Bertz CT molecular complexity index is 3750. The van der Waals surface area contributed by atoms with Gasteiger partial charge in [-0.05, 0) is 101 Å². The van der Waals surface area contributed by atoms with Gasteiger partial charge >= 0.3 is 23.9 Å². The smallest absolute Gasteiger partial charge is 0.313 e. The van der Waals surface area contributed by atoms with Crippen LogP contribution in [-0.2, 0) is 95.6 Å². The highest BCUT2D eigenvalue weighted by atomic mass is 16.7. The quantitative estimate of drug-likeness (QED) is 0.0179. The molecule has 11 amide bonds. The monoisotopic (exact) mass is 1790 g/mol. The molecule has 0 spiro atoms. The predicted octanol–water partition coefficient (Wildman–Crippen LogP) is 0.918. The zero-order valence-electron chi connectivity index (χ0n) is 76.5. The molecule has 2 rings (SSSR count). The van der Waals surface area contributed by atoms with Gasteiger partial charge in [0.1, 0.15) is 98.8 Å². The maximum atomic E-state index is 15.1. The molecule has 125 heavy (non-hydrogen) atoms. The number of nitrogens with zero attached hydrogens (tertiary/aromatic N) is 11. The van der Waals surface area contributed by atoms with Crippen LogP contribution >= 0.6 is 0 Å². The van der Waals surface area contributed by atoms with Gasteiger partial charge in [0.2, 0.25) is 91.2 Å². The van der Waals surface area contributed by atoms with E-state index in [1.165, 1.54) is 87.7 Å². The first-order chi connectivity index (χ1) is 57.9. The molecule has 0 bridgehead atoms. The van der Waals surface area contributed by atoms with Crippen LogP contribution in [0, 0.1) is 81.9 Å². The number of rotatable bonds is 32. The molecule has 0 aromatic rings. The number of likely N-dealkylation sites (N-methyl/N-ethyl adjacent to an activating group) is 7. The first-order valence-electron chi connectivity index (χ1n) is 41.8. The zero-order chi connectivity index (χ0) is 96.4. The Kier molecular flexibility index (Phi) is 48.1. The van der Waals surface area contributed by atoms with Gasteiger partial charge in [-0.25, -0.2) is 0 Å². The molecule has 710 valence electrons. The van der Waals surface area contributed by atoms with Crippen LogP contribution in [0.15, 0.2) is 12.2 Å². The van der Waals surface area contributed by atoms with Crippen LogP contribution in [0.3, 0.4) is 0 Å². The fourth-order valence-corrected chi connectivity index (χ4v) is 13.7. The number of nitrogens with one attached hydrogen (secondary N) is 4. The third kappa shape index (κ3) is 36.4. The minimum Gasteiger partial charge on any atom is -0.463 e. The highest BCUT2D eigenvalue weighted by molar-refractivity contribution is 6.00. The third-order valence-corrected chi connectivity index (χ3v) is 20.9. The second-order valence-corrected chi connectivity index (χ2v) is 33.9. The summed E-state index contributed by atoms with van der Waals surface area (Å²) in [5.41, 5.74) is 0. The molecule has 2 fully saturated rings. The molecule has 45 nitrogen and oxygen atoms in total. The topological polar surface area (TPSA) is 586 Å². The number of ether oxygens (including phenoxy) is 5. The van der Waals surface area contributed by atoms with Gasteiger partial charge in [0.15, 0.2) is 24.6 Å². The number of amides is 11. The fourth-order valence-electron chi connectivity index (χ4n) is 13.7. The summed E-state index contributed by atoms with van der Waals surface area (Å²) in [5.74, 6) is -14.8. The number of hydrogen-bond acceptors (Lipinski definition) is 30. The molecule has 17 atom stereocenters. The Morgan fingerprint density at radius 1 is 0.472 bits per heavy atom. The number of allylic oxidation sites excluding steroid dienone is 2. The van der Waals surface area contributed by atoms with E-state index in [0.717, 1.165) is 9.80 Å². The normalized spacial score (nSPS) is 25.3. The third-order valence-electron chi connectivity index (χ3n) is 20.9. The highest BCUT2D eigenvalue weighted by Gasteiger charge is 2.53. The summed E-state index contributed by atoms with van der Waals surface area (Å²) < 4.78 is 25.1. The molecule has 0 aromatic carbocycles. The van der Waals surface area contributed by atoms with E-state index in [9.17, 15) is 113 Å². The maximum absolute atomic E-state index is 15.1. The summed E-state index contributed by atoms with van der Waals surface area (Å²) >= 11 is 0. The molecule has 2 aliphatic heterocycles. The molecule has 45 heteroatoms. The first-order valence-corrected chi connectivity index (χ1v) is 41.8. The summed E-state index contributed by atoms with van der Waals surface area (Å²) in [4.78, 5) is 256. The number of aliphatic hydroxyl groups excluding tert-OH is 2. The highest BCUT2D eigenvalue weighted by Crippen LogP contribution is 2.31. The Balaban J connectivity index is 0.00000162. The van der Waals surface area contributed by atoms with Crippen LogP contribution < -0.4 is 21.3 Å². The summed E-state index contributed by atoms with van der Waals surface area (Å²) in [5, 5.41) is 75.7. The first kappa shape index (κ1) is 112. The lowest BCUT2D eigenvalue weighted by Gasteiger charge is -2.42. The summed E-state index contributed by atoms with van der Waals surface area (Å²) in [6.07, 6.45) is -10.1. The van der Waals surface area contributed by atoms with Gasteiger partial charge in [-0.3, -0.25) is 112 Å². The van der Waals surface area contributed by atoms with Crippen LogP contribution in [0.2, 0.25) is 0 Å². The van der Waals surface area contributed by atoms with Crippen molar-refractivity contribution in [3.63, 3.8) is 0 Å². The van der Waals surface area contributed by atoms with Crippen molar-refractivity contribution in [3.05, 3.63) is 52.6 Å². The zero-order valence-corrected chi connectivity index (χ0v) is 76.5. The largest absolute Gasteiger partial charge is 0.463 e. The molecule has 0 radical (unpaired) electrons. The second kappa shape index (κ2) is 53.6. The van der Waals surface area contributed by atoms with Crippen molar-refractivity contribution < 1.29 is 126 Å². The minimum absolute atomic E-state index is 0.0229. The minimum atomic E-state index is -2.22. The number of aliphatic hydroxyl groups is 2. The van der Waals surface area contributed by atoms with Gasteiger partial charge in [0.05, 0.1) is 12.6 Å². The van der Waals surface area contributed by atoms with Crippen molar-refractivity contribution in [1.29, 1.82) is 0 Å². The van der Waals surface area contributed by atoms with Crippen molar-refractivity contribution in [2.24, 2.45) is 41.4 Å². The lowest BCUT2D eigenvalue weighted by atomic mass is 9.91. The van der Waals surface area contributed by atoms with Gasteiger partial charge in [0.25, 0.3) is 0 Å². The van der Waals surface area contributed by atoms with E-state index >= 15 is 9.59 Å². The summed E-state index contributed by atoms with van der Waals surface area (Å²) in [6, 6.07) is -12.3. The van der Waals surface area contributed by atoms with Crippen molar-refractivity contribution in [2.45, 2.75) is 279 Å². The summed E-state index contributed by atoms with van der Waals surface area (Å²) in [7, 11) is 9.92. The van der Waals surface area contributed by atoms with Gasteiger partial charge < -0.3 is 89.5 Å². The molecule has 2 aliphatic rings. The molecule has 6 N–H and O–H groups in total. The Morgan fingerprint density at radius 3 is 1.30 bits per heavy atom.